The van der Waals surface area contributed by atoms with E-state index in [1.165, 1.54) is 11.3 Å². The zero-order chi connectivity index (χ0) is 13.1. The van der Waals surface area contributed by atoms with Crippen LogP contribution in [0.5, 0.6) is 5.75 Å². The van der Waals surface area contributed by atoms with Gasteiger partial charge in [0.1, 0.15) is 5.75 Å². The van der Waals surface area contributed by atoms with E-state index in [4.69, 9.17) is 16.3 Å². The molecule has 0 N–H and O–H groups in total. The van der Waals surface area contributed by atoms with Gasteiger partial charge in [0, 0.05) is 4.47 Å². The molecule has 1 heterocycles. The minimum atomic E-state index is -0.0385. The molecule has 18 heavy (non-hydrogen) atoms. The lowest BCUT2D eigenvalue weighted by molar-refractivity contribution is 0.0925. The van der Waals surface area contributed by atoms with E-state index in [9.17, 15) is 4.79 Å². The minimum absolute atomic E-state index is 0.00268. The van der Waals surface area contributed by atoms with Crippen molar-refractivity contribution in [3.8, 4) is 5.75 Å². The SMILES string of the molecule is Cc1cc(Br)cc(Cl)c1OCC(=O)c1cccs1. The Kier molecular flexibility index (Phi) is 4.43. The number of Topliss-reactive ketones (excluding diaryl/α,β-unsaturated/α-hetero) is 1. The average Bonchev–Trinajstić information content (AvgIpc) is 2.80. The van der Waals surface area contributed by atoms with Crippen LogP contribution >= 0.6 is 38.9 Å². The van der Waals surface area contributed by atoms with Crippen molar-refractivity contribution in [3.05, 3.63) is 49.6 Å². The van der Waals surface area contributed by atoms with Gasteiger partial charge in [0.25, 0.3) is 0 Å². The molecule has 0 amide bonds. The standard InChI is InChI=1S/C13H10BrClO2S/c1-8-5-9(14)6-10(15)13(8)17-7-11(16)12-3-2-4-18-12/h2-6H,7H2,1H3. The summed E-state index contributed by atoms with van der Waals surface area (Å²) < 4.78 is 6.40. The van der Waals surface area contributed by atoms with Gasteiger partial charge in [-0.15, -0.1) is 11.3 Å². The van der Waals surface area contributed by atoms with E-state index in [1.807, 2.05) is 24.4 Å². The Bertz CT molecular complexity index is 543. The molecular formula is C13H10BrClO2S. The Balaban J connectivity index is 2.09. The number of ketones is 1. The lowest BCUT2D eigenvalue weighted by atomic mass is 10.2. The molecule has 2 nitrogen and oxygen atoms in total. The number of hydrogen-bond donors (Lipinski definition) is 0. The zero-order valence-corrected chi connectivity index (χ0v) is 12.7. The molecule has 2 aromatic rings. The Morgan fingerprint density at radius 1 is 1.50 bits per heavy atom. The van der Waals surface area contributed by atoms with Crippen LogP contribution < -0.4 is 4.74 Å². The predicted octanol–water partition coefficient (Wildman–Crippen LogP) is 4.73. The molecule has 0 radical (unpaired) electrons. The Hall–Kier alpha value is -0.840. The maximum Gasteiger partial charge on any atom is 0.210 e. The maximum atomic E-state index is 11.8. The zero-order valence-electron chi connectivity index (χ0n) is 9.57. The average molecular weight is 346 g/mol. The lowest BCUT2D eigenvalue weighted by Crippen LogP contribution is -2.11. The van der Waals surface area contributed by atoms with E-state index in [0.717, 1.165) is 10.0 Å². The van der Waals surface area contributed by atoms with Crippen LogP contribution in [0, 0.1) is 6.92 Å². The largest absolute Gasteiger partial charge is 0.484 e. The maximum absolute atomic E-state index is 11.8. The number of carbonyl (C=O) groups excluding carboxylic acids is 1. The van der Waals surface area contributed by atoms with Crippen molar-refractivity contribution in [2.45, 2.75) is 6.92 Å². The van der Waals surface area contributed by atoms with Crippen molar-refractivity contribution in [2.24, 2.45) is 0 Å². The Labute approximate surface area is 123 Å². The molecule has 0 aliphatic rings. The molecule has 0 saturated heterocycles. The molecule has 0 bridgehead atoms. The number of aryl methyl sites for hydroxylation is 1. The summed E-state index contributed by atoms with van der Waals surface area (Å²) in [5.41, 5.74) is 0.897. The number of rotatable bonds is 4. The van der Waals surface area contributed by atoms with Gasteiger partial charge in [0.15, 0.2) is 6.61 Å². The Morgan fingerprint density at radius 2 is 2.28 bits per heavy atom. The molecule has 0 unspecified atom stereocenters. The van der Waals surface area contributed by atoms with Crippen molar-refractivity contribution >= 4 is 44.7 Å². The third-order valence-corrected chi connectivity index (χ3v) is 3.99. The summed E-state index contributed by atoms with van der Waals surface area (Å²) in [6.45, 7) is 1.89. The van der Waals surface area contributed by atoms with Gasteiger partial charge in [0.2, 0.25) is 5.78 Å². The summed E-state index contributed by atoms with van der Waals surface area (Å²) in [4.78, 5) is 12.5. The summed E-state index contributed by atoms with van der Waals surface area (Å²) >= 11 is 10.8. The van der Waals surface area contributed by atoms with Gasteiger partial charge in [0.05, 0.1) is 9.90 Å². The molecule has 0 aliphatic carbocycles. The molecular weight excluding hydrogens is 336 g/mol. The second-order valence-corrected chi connectivity index (χ2v) is 5.99. The second-order valence-electron chi connectivity index (χ2n) is 3.72. The third-order valence-electron chi connectivity index (χ3n) is 2.34. The molecule has 0 spiro atoms. The third kappa shape index (κ3) is 3.13. The van der Waals surface area contributed by atoms with Gasteiger partial charge in [-0.3, -0.25) is 4.79 Å². The van der Waals surface area contributed by atoms with Crippen LogP contribution in [0.4, 0.5) is 0 Å². The first-order valence-corrected chi connectivity index (χ1v) is 7.28. The van der Waals surface area contributed by atoms with E-state index < -0.39 is 0 Å². The van der Waals surface area contributed by atoms with Crippen LogP contribution in [0.2, 0.25) is 5.02 Å². The van der Waals surface area contributed by atoms with Crippen molar-refractivity contribution in [1.82, 2.24) is 0 Å². The summed E-state index contributed by atoms with van der Waals surface area (Å²) in [5, 5.41) is 2.37. The predicted molar refractivity (Wildman–Crippen MR) is 78.0 cm³/mol. The van der Waals surface area contributed by atoms with Crippen LogP contribution in [0.25, 0.3) is 0 Å². The fourth-order valence-corrected chi connectivity index (χ4v) is 3.19. The summed E-state index contributed by atoms with van der Waals surface area (Å²) in [6.07, 6.45) is 0. The number of halogens is 2. The fraction of sp³-hybridized carbons (Fsp3) is 0.154. The van der Waals surface area contributed by atoms with Gasteiger partial charge in [-0.05, 0) is 36.1 Å². The van der Waals surface area contributed by atoms with Crippen LogP contribution in [0.15, 0.2) is 34.1 Å². The number of hydrogen-bond acceptors (Lipinski definition) is 3. The summed E-state index contributed by atoms with van der Waals surface area (Å²) in [6, 6.07) is 7.28. The van der Waals surface area contributed by atoms with Crippen molar-refractivity contribution in [2.75, 3.05) is 6.61 Å². The molecule has 0 fully saturated rings. The molecule has 0 saturated carbocycles. The topological polar surface area (TPSA) is 26.3 Å². The molecule has 1 aromatic carbocycles. The first-order chi connectivity index (χ1) is 8.58. The first-order valence-electron chi connectivity index (χ1n) is 5.23. The highest BCUT2D eigenvalue weighted by Crippen LogP contribution is 2.32. The molecule has 1 aromatic heterocycles. The Morgan fingerprint density at radius 3 is 2.89 bits per heavy atom. The van der Waals surface area contributed by atoms with Gasteiger partial charge in [-0.25, -0.2) is 0 Å². The van der Waals surface area contributed by atoms with Crippen LogP contribution in [-0.2, 0) is 0 Å². The lowest BCUT2D eigenvalue weighted by Gasteiger charge is -2.10. The van der Waals surface area contributed by atoms with Gasteiger partial charge < -0.3 is 4.74 Å². The van der Waals surface area contributed by atoms with E-state index in [-0.39, 0.29) is 12.4 Å². The van der Waals surface area contributed by atoms with Crippen LogP contribution in [0.1, 0.15) is 15.2 Å². The van der Waals surface area contributed by atoms with E-state index in [2.05, 4.69) is 15.9 Å². The number of ether oxygens (including phenoxy) is 1. The van der Waals surface area contributed by atoms with Crippen LogP contribution in [0.3, 0.4) is 0 Å². The van der Waals surface area contributed by atoms with E-state index in [0.29, 0.717) is 15.6 Å². The van der Waals surface area contributed by atoms with E-state index >= 15 is 0 Å². The molecule has 5 heteroatoms. The van der Waals surface area contributed by atoms with E-state index in [1.54, 1.807) is 12.1 Å². The van der Waals surface area contributed by atoms with Crippen LogP contribution in [-0.4, -0.2) is 12.4 Å². The van der Waals surface area contributed by atoms with Gasteiger partial charge >= 0.3 is 0 Å². The number of thiophene rings is 1. The quantitative estimate of drug-likeness (QED) is 0.749. The van der Waals surface area contributed by atoms with Crippen molar-refractivity contribution < 1.29 is 9.53 Å². The molecule has 2 rings (SSSR count). The second kappa shape index (κ2) is 5.87. The summed E-state index contributed by atoms with van der Waals surface area (Å²) in [5.74, 6) is 0.521. The molecule has 94 valence electrons. The van der Waals surface area contributed by atoms with Gasteiger partial charge in [-0.2, -0.15) is 0 Å². The molecule has 0 aliphatic heterocycles. The number of carbonyl (C=O) groups is 1. The highest BCUT2D eigenvalue weighted by Gasteiger charge is 2.11. The molecule has 0 atom stereocenters. The highest BCUT2D eigenvalue weighted by molar-refractivity contribution is 9.10. The van der Waals surface area contributed by atoms with Crippen molar-refractivity contribution in [1.29, 1.82) is 0 Å². The monoisotopic (exact) mass is 344 g/mol. The minimum Gasteiger partial charge on any atom is -0.484 e. The fourth-order valence-electron chi connectivity index (χ4n) is 1.52. The van der Waals surface area contributed by atoms with Gasteiger partial charge in [-0.1, -0.05) is 33.6 Å². The number of benzene rings is 1. The smallest absolute Gasteiger partial charge is 0.210 e. The summed E-state index contributed by atoms with van der Waals surface area (Å²) in [7, 11) is 0. The normalized spacial score (nSPS) is 10.4. The first kappa shape index (κ1) is 13.6. The van der Waals surface area contributed by atoms with Crippen molar-refractivity contribution in [3.63, 3.8) is 0 Å². The highest BCUT2D eigenvalue weighted by atomic mass is 79.9.